The maximum absolute atomic E-state index is 11.9. The standard InChI is InChI=1S/C20H31NO6/c1-12(2)16-9-8-13(3)11-17(16)25-27-26-18(22)7-6-10-21-19(23)14(4)15(5)20(21)24/h12-13,16-17H,6-11H2,1-5H3. The van der Waals surface area contributed by atoms with Crippen molar-refractivity contribution >= 4 is 17.8 Å². The molecule has 0 bridgehead atoms. The summed E-state index contributed by atoms with van der Waals surface area (Å²) in [7, 11) is 0. The van der Waals surface area contributed by atoms with Crippen molar-refractivity contribution in [2.24, 2.45) is 17.8 Å². The van der Waals surface area contributed by atoms with E-state index in [2.05, 4.69) is 20.8 Å². The van der Waals surface area contributed by atoms with Crippen molar-refractivity contribution in [2.45, 2.75) is 72.8 Å². The minimum Gasteiger partial charge on any atom is -0.275 e. The summed E-state index contributed by atoms with van der Waals surface area (Å²) in [5.41, 5.74) is 0.918. The highest BCUT2D eigenvalue weighted by molar-refractivity contribution is 6.18. The first-order valence-corrected chi connectivity index (χ1v) is 9.78. The van der Waals surface area contributed by atoms with Gasteiger partial charge in [-0.1, -0.05) is 27.2 Å². The van der Waals surface area contributed by atoms with E-state index in [0.717, 1.165) is 17.7 Å². The van der Waals surface area contributed by atoms with Crippen LogP contribution in [0.3, 0.4) is 0 Å². The molecule has 7 nitrogen and oxygen atoms in total. The van der Waals surface area contributed by atoms with Crippen LogP contribution >= 0.6 is 0 Å². The van der Waals surface area contributed by atoms with Crippen molar-refractivity contribution in [3.05, 3.63) is 11.1 Å². The molecule has 152 valence electrons. The lowest BCUT2D eigenvalue weighted by Gasteiger charge is -2.35. The van der Waals surface area contributed by atoms with Crippen LogP contribution in [0.1, 0.15) is 66.7 Å². The summed E-state index contributed by atoms with van der Waals surface area (Å²) in [6.45, 7) is 9.93. The first-order chi connectivity index (χ1) is 12.7. The monoisotopic (exact) mass is 381 g/mol. The van der Waals surface area contributed by atoms with Crippen molar-refractivity contribution in [1.82, 2.24) is 4.90 Å². The molecule has 27 heavy (non-hydrogen) atoms. The van der Waals surface area contributed by atoms with Gasteiger partial charge in [0.05, 0.1) is 6.42 Å². The molecule has 1 saturated carbocycles. The molecular weight excluding hydrogens is 350 g/mol. The smallest absolute Gasteiger partial charge is 0.275 e. The Bertz CT molecular complexity index is 588. The lowest BCUT2D eigenvalue weighted by Crippen LogP contribution is -2.34. The molecule has 2 rings (SSSR count). The lowest BCUT2D eigenvalue weighted by molar-refractivity contribution is -0.508. The van der Waals surface area contributed by atoms with E-state index in [1.165, 1.54) is 6.42 Å². The van der Waals surface area contributed by atoms with Crippen LogP contribution in [0.4, 0.5) is 0 Å². The molecule has 0 N–H and O–H groups in total. The largest absolute Gasteiger partial charge is 0.345 e. The number of carbonyl (C=O) groups excluding carboxylic acids is 3. The topological polar surface area (TPSA) is 82.1 Å². The summed E-state index contributed by atoms with van der Waals surface area (Å²) in [5, 5.41) is 4.76. The highest BCUT2D eigenvalue weighted by atomic mass is 17.5. The van der Waals surface area contributed by atoms with E-state index in [9.17, 15) is 14.4 Å². The van der Waals surface area contributed by atoms with E-state index >= 15 is 0 Å². The molecule has 0 radical (unpaired) electrons. The third-order valence-electron chi connectivity index (χ3n) is 5.71. The number of carbonyl (C=O) groups is 3. The predicted octanol–water partition coefficient (Wildman–Crippen LogP) is 3.34. The van der Waals surface area contributed by atoms with Gasteiger partial charge in [-0.25, -0.2) is 4.79 Å². The van der Waals surface area contributed by atoms with Crippen LogP contribution < -0.4 is 0 Å². The summed E-state index contributed by atoms with van der Waals surface area (Å²) in [5.74, 6) is 0.234. The Morgan fingerprint density at radius 3 is 2.37 bits per heavy atom. The number of imide groups is 1. The highest BCUT2D eigenvalue weighted by Crippen LogP contribution is 2.35. The van der Waals surface area contributed by atoms with Crippen LogP contribution in [0.25, 0.3) is 0 Å². The van der Waals surface area contributed by atoms with Crippen LogP contribution in [0.2, 0.25) is 0 Å². The van der Waals surface area contributed by atoms with Gasteiger partial charge in [-0.15, -0.1) is 0 Å². The Morgan fingerprint density at radius 1 is 1.15 bits per heavy atom. The van der Waals surface area contributed by atoms with E-state index in [0.29, 0.717) is 35.3 Å². The van der Waals surface area contributed by atoms with E-state index in [4.69, 9.17) is 14.8 Å². The molecule has 1 aliphatic heterocycles. The van der Waals surface area contributed by atoms with Crippen LogP contribution in [-0.2, 0) is 29.2 Å². The third kappa shape index (κ3) is 5.39. The normalized spacial score (nSPS) is 26.3. The van der Waals surface area contributed by atoms with Crippen molar-refractivity contribution in [1.29, 1.82) is 0 Å². The molecule has 1 fully saturated rings. The molecule has 1 heterocycles. The zero-order valence-electron chi connectivity index (χ0n) is 16.9. The molecular formula is C20H31NO6. The minimum absolute atomic E-state index is 0.0349. The van der Waals surface area contributed by atoms with Crippen molar-refractivity contribution in [3.63, 3.8) is 0 Å². The zero-order valence-corrected chi connectivity index (χ0v) is 16.9. The molecule has 0 spiro atoms. The number of nitrogens with zero attached hydrogens (tertiary/aromatic N) is 1. The SMILES string of the molecule is CC1=C(C)C(=O)N(CCCC(=O)OOOC2CC(C)CCC2C(C)C)C1=O. The summed E-state index contributed by atoms with van der Waals surface area (Å²) in [4.78, 5) is 46.9. The number of hydrogen-bond donors (Lipinski definition) is 0. The van der Waals surface area contributed by atoms with Crippen molar-refractivity contribution < 1.29 is 29.2 Å². The van der Waals surface area contributed by atoms with Gasteiger partial charge in [0, 0.05) is 17.7 Å². The fourth-order valence-corrected chi connectivity index (χ4v) is 3.78. The molecule has 1 aliphatic carbocycles. The van der Waals surface area contributed by atoms with Gasteiger partial charge in [0.1, 0.15) is 6.10 Å². The van der Waals surface area contributed by atoms with E-state index in [-0.39, 0.29) is 30.9 Å². The predicted molar refractivity (Wildman–Crippen MR) is 97.7 cm³/mol. The Morgan fingerprint density at radius 2 is 1.78 bits per heavy atom. The Balaban J connectivity index is 1.68. The maximum Gasteiger partial charge on any atom is 0.345 e. The third-order valence-corrected chi connectivity index (χ3v) is 5.71. The van der Waals surface area contributed by atoms with Crippen LogP contribution in [0, 0.1) is 17.8 Å². The molecule has 7 heteroatoms. The van der Waals surface area contributed by atoms with Gasteiger partial charge in [0.2, 0.25) is 0 Å². The number of amides is 2. The summed E-state index contributed by atoms with van der Waals surface area (Å²) in [6, 6.07) is 0. The van der Waals surface area contributed by atoms with Crippen LogP contribution in [0.15, 0.2) is 11.1 Å². The zero-order chi connectivity index (χ0) is 20.1. The molecule has 0 aromatic carbocycles. The second kappa shape index (κ2) is 9.46. The molecule has 2 aliphatic rings. The second-order valence-electron chi connectivity index (χ2n) is 8.10. The lowest BCUT2D eigenvalue weighted by atomic mass is 9.75. The van der Waals surface area contributed by atoms with E-state index < -0.39 is 5.97 Å². The molecule has 0 aromatic rings. The van der Waals surface area contributed by atoms with Gasteiger partial charge in [-0.3, -0.25) is 19.4 Å². The number of hydrogen-bond acceptors (Lipinski definition) is 6. The molecule has 0 saturated heterocycles. The summed E-state index contributed by atoms with van der Waals surface area (Å²) >= 11 is 0. The minimum atomic E-state index is -0.583. The second-order valence-corrected chi connectivity index (χ2v) is 8.10. The highest BCUT2D eigenvalue weighted by Gasteiger charge is 2.34. The Kier molecular flexibility index (Phi) is 7.56. The molecule has 2 amide bonds. The van der Waals surface area contributed by atoms with Gasteiger partial charge in [0.25, 0.3) is 11.8 Å². The molecule has 3 atom stereocenters. The van der Waals surface area contributed by atoms with E-state index in [1.54, 1.807) is 13.8 Å². The average molecular weight is 381 g/mol. The first-order valence-electron chi connectivity index (χ1n) is 9.78. The summed E-state index contributed by atoms with van der Waals surface area (Å²) < 4.78 is 0. The van der Waals surface area contributed by atoms with E-state index in [1.807, 2.05) is 0 Å². The average Bonchev–Trinajstić information content (AvgIpc) is 2.79. The summed E-state index contributed by atoms with van der Waals surface area (Å²) in [6.07, 6.45) is 3.39. The van der Waals surface area contributed by atoms with Gasteiger partial charge in [0.15, 0.2) is 0 Å². The van der Waals surface area contributed by atoms with Crippen LogP contribution in [-0.4, -0.2) is 35.3 Å². The fourth-order valence-electron chi connectivity index (χ4n) is 3.78. The van der Waals surface area contributed by atoms with Gasteiger partial charge < -0.3 is 0 Å². The Hall–Kier alpha value is -1.73. The quantitative estimate of drug-likeness (QED) is 0.364. The van der Waals surface area contributed by atoms with Gasteiger partial charge >= 0.3 is 5.97 Å². The maximum atomic E-state index is 11.9. The number of rotatable bonds is 8. The van der Waals surface area contributed by atoms with Crippen LogP contribution in [0.5, 0.6) is 0 Å². The first kappa shape index (κ1) is 21.6. The Labute approximate surface area is 160 Å². The van der Waals surface area contributed by atoms with Crippen molar-refractivity contribution in [3.8, 4) is 0 Å². The fraction of sp³-hybridized carbons (Fsp3) is 0.750. The van der Waals surface area contributed by atoms with Crippen molar-refractivity contribution in [2.75, 3.05) is 6.54 Å². The van der Waals surface area contributed by atoms with Gasteiger partial charge in [-0.2, -0.15) is 4.89 Å². The molecule has 3 unspecified atom stereocenters. The van der Waals surface area contributed by atoms with Gasteiger partial charge in [-0.05, 0) is 55.9 Å². The molecule has 0 aromatic heterocycles.